The minimum Gasteiger partial charge on any atom is -0.454 e. The van der Waals surface area contributed by atoms with Crippen molar-refractivity contribution in [1.82, 2.24) is 4.98 Å². The highest BCUT2D eigenvalue weighted by atomic mass is 79.9. The lowest BCUT2D eigenvalue weighted by atomic mass is 10.3. The molecule has 0 aliphatic heterocycles. The summed E-state index contributed by atoms with van der Waals surface area (Å²) in [6, 6.07) is 6.10. The van der Waals surface area contributed by atoms with Gasteiger partial charge in [0.05, 0.1) is 16.1 Å². The summed E-state index contributed by atoms with van der Waals surface area (Å²) in [6.07, 6.45) is 2.94. The zero-order valence-corrected chi connectivity index (χ0v) is 11.2. The molecule has 0 unspecified atom stereocenters. The van der Waals surface area contributed by atoms with Crippen molar-refractivity contribution >= 4 is 33.2 Å². The Morgan fingerprint density at radius 3 is 2.83 bits per heavy atom. The number of nitro benzene ring substituents is 1. The Bertz CT molecular complexity index is 607. The zero-order chi connectivity index (χ0) is 13.1. The lowest BCUT2D eigenvalue weighted by Crippen LogP contribution is -1.92. The van der Waals surface area contributed by atoms with Crippen LogP contribution >= 0.6 is 27.5 Å². The Morgan fingerprint density at radius 2 is 2.17 bits per heavy atom. The van der Waals surface area contributed by atoms with Crippen LogP contribution in [0.15, 0.2) is 41.1 Å². The predicted octanol–water partition coefficient (Wildman–Crippen LogP) is 4.20. The molecule has 0 fully saturated rings. The standard InChI is InChI=1S/C11H6BrClN2O3/c12-11-9(15(16)17)2-1-3-10(11)18-8-4-7(13)5-14-6-8/h1-6H. The van der Waals surface area contributed by atoms with Crippen LogP contribution in [0.1, 0.15) is 0 Å². The van der Waals surface area contributed by atoms with E-state index in [0.29, 0.717) is 16.5 Å². The second-order valence-corrected chi connectivity index (χ2v) is 4.52. The SMILES string of the molecule is O=[N+]([O-])c1cccc(Oc2cncc(Cl)c2)c1Br. The highest BCUT2D eigenvalue weighted by molar-refractivity contribution is 9.10. The zero-order valence-electron chi connectivity index (χ0n) is 8.84. The van der Waals surface area contributed by atoms with Crippen LogP contribution in [0.25, 0.3) is 0 Å². The third-order valence-corrected chi connectivity index (χ3v) is 3.05. The van der Waals surface area contributed by atoms with E-state index in [-0.39, 0.29) is 10.2 Å². The maximum Gasteiger partial charge on any atom is 0.287 e. The Kier molecular flexibility index (Phi) is 3.78. The van der Waals surface area contributed by atoms with E-state index in [1.54, 1.807) is 12.1 Å². The van der Waals surface area contributed by atoms with Gasteiger partial charge in [0.25, 0.3) is 5.69 Å². The first-order valence-corrected chi connectivity index (χ1v) is 5.96. The van der Waals surface area contributed by atoms with Crippen LogP contribution < -0.4 is 4.74 Å². The van der Waals surface area contributed by atoms with E-state index >= 15 is 0 Å². The average molecular weight is 330 g/mol. The molecule has 0 aliphatic carbocycles. The summed E-state index contributed by atoms with van der Waals surface area (Å²) in [5.41, 5.74) is -0.0671. The summed E-state index contributed by atoms with van der Waals surface area (Å²) in [7, 11) is 0. The molecule has 2 aromatic rings. The topological polar surface area (TPSA) is 65.3 Å². The Hall–Kier alpha value is -1.66. The first kappa shape index (κ1) is 12.8. The van der Waals surface area contributed by atoms with Crippen molar-refractivity contribution in [3.8, 4) is 11.5 Å². The molecule has 0 amide bonds. The number of halogens is 2. The fourth-order valence-corrected chi connectivity index (χ4v) is 1.95. The third-order valence-electron chi connectivity index (χ3n) is 2.05. The number of ether oxygens (including phenoxy) is 1. The summed E-state index contributed by atoms with van der Waals surface area (Å²) in [5, 5.41) is 11.2. The summed E-state index contributed by atoms with van der Waals surface area (Å²) in [5.74, 6) is 0.733. The van der Waals surface area contributed by atoms with Gasteiger partial charge in [-0.25, -0.2) is 0 Å². The van der Waals surface area contributed by atoms with Gasteiger partial charge in [-0.05, 0) is 22.0 Å². The van der Waals surface area contributed by atoms with Crippen molar-refractivity contribution in [2.24, 2.45) is 0 Å². The van der Waals surface area contributed by atoms with Gasteiger partial charge in [0.1, 0.15) is 16.0 Å². The number of pyridine rings is 1. The minimum absolute atomic E-state index is 0.0671. The number of nitrogens with zero attached hydrogens (tertiary/aromatic N) is 2. The summed E-state index contributed by atoms with van der Waals surface area (Å²) in [4.78, 5) is 14.1. The van der Waals surface area contributed by atoms with E-state index in [9.17, 15) is 10.1 Å². The number of hydrogen-bond donors (Lipinski definition) is 0. The molecule has 92 valence electrons. The maximum atomic E-state index is 10.8. The van der Waals surface area contributed by atoms with Gasteiger partial charge in [-0.3, -0.25) is 15.1 Å². The third kappa shape index (κ3) is 2.77. The minimum atomic E-state index is -0.493. The van der Waals surface area contributed by atoms with Gasteiger partial charge in [0, 0.05) is 18.3 Å². The maximum absolute atomic E-state index is 10.8. The van der Waals surface area contributed by atoms with Crippen molar-refractivity contribution in [3.63, 3.8) is 0 Å². The van der Waals surface area contributed by atoms with Gasteiger partial charge >= 0.3 is 0 Å². The van der Waals surface area contributed by atoms with Crippen LogP contribution in [0.2, 0.25) is 5.02 Å². The van der Waals surface area contributed by atoms with Crippen molar-refractivity contribution < 1.29 is 9.66 Å². The van der Waals surface area contributed by atoms with Crippen LogP contribution in [0.4, 0.5) is 5.69 Å². The number of aromatic nitrogens is 1. The molecular weight excluding hydrogens is 323 g/mol. The van der Waals surface area contributed by atoms with E-state index in [1.165, 1.54) is 24.5 Å². The van der Waals surface area contributed by atoms with E-state index in [2.05, 4.69) is 20.9 Å². The number of hydrogen-bond acceptors (Lipinski definition) is 4. The molecule has 0 bridgehead atoms. The molecule has 2 rings (SSSR count). The molecule has 0 aliphatic rings. The monoisotopic (exact) mass is 328 g/mol. The smallest absolute Gasteiger partial charge is 0.287 e. The van der Waals surface area contributed by atoms with Gasteiger partial charge in [0.2, 0.25) is 0 Å². The molecule has 0 radical (unpaired) electrons. The van der Waals surface area contributed by atoms with Gasteiger partial charge in [-0.1, -0.05) is 17.7 Å². The van der Waals surface area contributed by atoms with E-state index in [4.69, 9.17) is 16.3 Å². The molecule has 7 heteroatoms. The fraction of sp³-hybridized carbons (Fsp3) is 0. The van der Waals surface area contributed by atoms with Crippen molar-refractivity contribution in [2.75, 3.05) is 0 Å². The van der Waals surface area contributed by atoms with Gasteiger partial charge < -0.3 is 4.74 Å². The summed E-state index contributed by atoms with van der Waals surface area (Å²) in [6.45, 7) is 0. The molecule has 0 spiro atoms. The lowest BCUT2D eigenvalue weighted by Gasteiger charge is -2.07. The van der Waals surface area contributed by atoms with Gasteiger partial charge in [0.15, 0.2) is 0 Å². The molecular formula is C11H6BrClN2O3. The summed E-state index contributed by atoms with van der Waals surface area (Å²) < 4.78 is 5.76. The number of benzene rings is 1. The van der Waals surface area contributed by atoms with E-state index < -0.39 is 4.92 Å². The van der Waals surface area contributed by atoms with Crippen LogP contribution in [-0.2, 0) is 0 Å². The highest BCUT2D eigenvalue weighted by Gasteiger charge is 2.16. The summed E-state index contributed by atoms with van der Waals surface area (Å²) >= 11 is 8.91. The van der Waals surface area contributed by atoms with Crippen molar-refractivity contribution in [1.29, 1.82) is 0 Å². The molecule has 5 nitrogen and oxygen atoms in total. The Balaban J connectivity index is 2.35. The molecule has 0 saturated carbocycles. The predicted molar refractivity (Wildman–Crippen MR) is 70.1 cm³/mol. The Morgan fingerprint density at radius 1 is 1.39 bits per heavy atom. The first-order valence-electron chi connectivity index (χ1n) is 4.79. The molecule has 18 heavy (non-hydrogen) atoms. The van der Waals surface area contributed by atoms with Crippen LogP contribution in [0, 0.1) is 10.1 Å². The molecule has 0 atom stereocenters. The van der Waals surface area contributed by atoms with E-state index in [1.807, 2.05) is 0 Å². The second kappa shape index (κ2) is 5.32. The van der Waals surface area contributed by atoms with Gasteiger partial charge in [-0.2, -0.15) is 0 Å². The first-order chi connectivity index (χ1) is 8.58. The van der Waals surface area contributed by atoms with Crippen LogP contribution in [0.5, 0.6) is 11.5 Å². The molecule has 1 aromatic heterocycles. The van der Waals surface area contributed by atoms with Crippen LogP contribution in [0.3, 0.4) is 0 Å². The van der Waals surface area contributed by atoms with Crippen LogP contribution in [-0.4, -0.2) is 9.91 Å². The Labute approximate surface area is 116 Å². The van der Waals surface area contributed by atoms with E-state index in [0.717, 1.165) is 0 Å². The quantitative estimate of drug-likeness (QED) is 0.625. The molecule has 1 aromatic carbocycles. The fourth-order valence-electron chi connectivity index (χ4n) is 1.29. The highest BCUT2D eigenvalue weighted by Crippen LogP contribution is 2.36. The largest absolute Gasteiger partial charge is 0.454 e. The molecule has 0 saturated heterocycles. The second-order valence-electron chi connectivity index (χ2n) is 3.29. The number of nitro groups is 1. The van der Waals surface area contributed by atoms with Gasteiger partial charge in [-0.15, -0.1) is 0 Å². The molecule has 1 heterocycles. The lowest BCUT2D eigenvalue weighted by molar-refractivity contribution is -0.385. The number of rotatable bonds is 3. The van der Waals surface area contributed by atoms with Crippen molar-refractivity contribution in [3.05, 3.63) is 56.3 Å². The molecule has 0 N–H and O–H groups in total. The average Bonchev–Trinajstić information content (AvgIpc) is 2.31. The normalized spacial score (nSPS) is 10.1. The van der Waals surface area contributed by atoms with Crippen molar-refractivity contribution in [2.45, 2.75) is 0 Å².